The fourth-order valence-corrected chi connectivity index (χ4v) is 2.41. The van der Waals surface area contributed by atoms with E-state index in [9.17, 15) is 13.2 Å². The molecule has 0 aliphatic carbocycles. The van der Waals surface area contributed by atoms with Crippen LogP contribution in [0.5, 0.6) is 5.75 Å². The van der Waals surface area contributed by atoms with Gasteiger partial charge in [0.05, 0.1) is 12.6 Å². The summed E-state index contributed by atoms with van der Waals surface area (Å²) in [4.78, 5) is 15.5. The number of sulfone groups is 1. The second-order valence-corrected chi connectivity index (χ2v) is 6.24. The van der Waals surface area contributed by atoms with Crippen molar-refractivity contribution in [2.24, 2.45) is 0 Å². The number of carbonyl (C=O) groups is 1. The molecular weight excluding hydrogens is 290 g/mol. The predicted molar refractivity (Wildman–Crippen MR) is 71.6 cm³/mol. The summed E-state index contributed by atoms with van der Waals surface area (Å²) < 4.78 is 28.1. The fourth-order valence-electron chi connectivity index (χ4n) is 1.66. The van der Waals surface area contributed by atoms with E-state index in [1.165, 1.54) is 13.2 Å². The number of hydrogen-bond donors (Lipinski definition) is 0. The summed E-state index contributed by atoms with van der Waals surface area (Å²) in [5, 5.41) is -0.480. The zero-order valence-electron chi connectivity index (χ0n) is 10.2. The maximum atomic E-state index is 11.5. The molecule has 0 saturated carbocycles. The van der Waals surface area contributed by atoms with Gasteiger partial charge in [0.1, 0.15) is 5.75 Å². The number of hydrogen-bond acceptors (Lipinski definition) is 5. The van der Waals surface area contributed by atoms with Crippen molar-refractivity contribution in [1.29, 1.82) is 0 Å². The minimum Gasteiger partial charge on any atom is -0.497 e. The maximum absolute atomic E-state index is 11.5. The first-order valence-electron chi connectivity index (χ1n) is 5.21. The lowest BCUT2D eigenvalue weighted by Crippen LogP contribution is -2.04. The van der Waals surface area contributed by atoms with Gasteiger partial charge in [-0.3, -0.25) is 4.79 Å². The van der Waals surface area contributed by atoms with Crippen molar-refractivity contribution in [3.8, 4) is 5.75 Å². The van der Waals surface area contributed by atoms with Crippen molar-refractivity contribution in [3.05, 3.63) is 29.8 Å². The lowest BCUT2D eigenvalue weighted by Gasteiger charge is -2.07. The Morgan fingerprint density at radius 1 is 1.32 bits per heavy atom. The van der Waals surface area contributed by atoms with E-state index < -0.39 is 15.1 Å². The van der Waals surface area contributed by atoms with Crippen LogP contribution in [0.15, 0.2) is 29.3 Å². The molecule has 100 valence electrons. The highest BCUT2D eigenvalue weighted by molar-refractivity contribution is 7.90. The standard InChI is InChI=1S/C12H10ClNO4S/c1-18-7-3-4-10-8(5-7)9(12(13)15)6-11(14-10)19(2,16)17/h3-6H,1-2H3. The van der Waals surface area contributed by atoms with Crippen LogP contribution in [0.1, 0.15) is 10.4 Å². The summed E-state index contributed by atoms with van der Waals surface area (Å²) in [6.45, 7) is 0. The summed E-state index contributed by atoms with van der Waals surface area (Å²) in [5.41, 5.74) is 0.457. The molecule has 0 aliphatic rings. The number of benzene rings is 1. The average molecular weight is 300 g/mol. The second kappa shape index (κ2) is 4.79. The molecule has 0 bridgehead atoms. The third-order valence-corrected chi connectivity index (χ3v) is 3.76. The normalized spacial score (nSPS) is 11.5. The summed E-state index contributed by atoms with van der Waals surface area (Å²) in [6, 6.07) is 5.96. The van der Waals surface area contributed by atoms with E-state index in [1.807, 2.05) is 0 Å². The molecule has 0 saturated heterocycles. The molecule has 0 radical (unpaired) electrons. The molecule has 0 N–H and O–H groups in total. The first kappa shape index (κ1) is 13.8. The minimum absolute atomic E-state index is 0.0889. The van der Waals surface area contributed by atoms with E-state index >= 15 is 0 Å². The Labute approximate surface area is 115 Å². The monoisotopic (exact) mass is 299 g/mol. The van der Waals surface area contributed by atoms with Crippen molar-refractivity contribution in [2.45, 2.75) is 5.03 Å². The van der Waals surface area contributed by atoms with E-state index in [4.69, 9.17) is 16.3 Å². The topological polar surface area (TPSA) is 73.3 Å². The number of ether oxygens (including phenoxy) is 1. The number of pyridine rings is 1. The van der Waals surface area contributed by atoms with Gasteiger partial charge in [0, 0.05) is 17.2 Å². The van der Waals surface area contributed by atoms with Crippen LogP contribution in [0.2, 0.25) is 0 Å². The third-order valence-electron chi connectivity index (χ3n) is 2.58. The first-order valence-corrected chi connectivity index (χ1v) is 7.48. The van der Waals surface area contributed by atoms with Gasteiger partial charge in [-0.05, 0) is 35.9 Å². The van der Waals surface area contributed by atoms with Gasteiger partial charge in [0.15, 0.2) is 14.9 Å². The molecule has 1 heterocycles. The molecule has 0 unspecified atom stereocenters. The Bertz CT molecular complexity index is 771. The smallest absolute Gasteiger partial charge is 0.253 e. The second-order valence-electron chi connectivity index (χ2n) is 3.94. The number of rotatable bonds is 3. The van der Waals surface area contributed by atoms with Crippen LogP contribution >= 0.6 is 11.6 Å². The number of nitrogens with zero attached hydrogens (tertiary/aromatic N) is 1. The molecule has 0 amide bonds. The molecule has 0 atom stereocenters. The van der Waals surface area contributed by atoms with Crippen molar-refractivity contribution >= 4 is 37.6 Å². The zero-order valence-corrected chi connectivity index (χ0v) is 11.7. The highest BCUT2D eigenvalue weighted by atomic mass is 35.5. The van der Waals surface area contributed by atoms with Gasteiger partial charge in [0.25, 0.3) is 5.24 Å². The lowest BCUT2D eigenvalue weighted by atomic mass is 10.1. The van der Waals surface area contributed by atoms with Gasteiger partial charge >= 0.3 is 0 Å². The minimum atomic E-state index is -3.52. The SMILES string of the molecule is COc1ccc2nc(S(C)(=O)=O)cc(C(=O)Cl)c2c1. The Hall–Kier alpha value is -1.66. The number of aromatic nitrogens is 1. The summed E-state index contributed by atoms with van der Waals surface area (Å²) in [6.07, 6.45) is 1.02. The van der Waals surface area contributed by atoms with Crippen LogP contribution in [-0.4, -0.2) is 32.0 Å². The largest absolute Gasteiger partial charge is 0.497 e. The molecular formula is C12H10ClNO4S. The first-order chi connectivity index (χ1) is 8.82. The molecule has 19 heavy (non-hydrogen) atoms. The Morgan fingerprint density at radius 2 is 2.00 bits per heavy atom. The van der Waals surface area contributed by atoms with E-state index in [0.29, 0.717) is 16.7 Å². The summed E-state index contributed by atoms with van der Waals surface area (Å²) in [5.74, 6) is 0.528. The van der Waals surface area contributed by atoms with Crippen molar-refractivity contribution < 1.29 is 17.9 Å². The summed E-state index contributed by atoms with van der Waals surface area (Å²) >= 11 is 5.50. The number of carbonyl (C=O) groups excluding carboxylic acids is 1. The van der Waals surface area contributed by atoms with Crippen molar-refractivity contribution in [1.82, 2.24) is 4.98 Å². The molecule has 2 rings (SSSR count). The van der Waals surface area contributed by atoms with E-state index in [-0.39, 0.29) is 10.6 Å². The number of fused-ring (bicyclic) bond motifs is 1. The molecule has 5 nitrogen and oxygen atoms in total. The maximum Gasteiger partial charge on any atom is 0.253 e. The van der Waals surface area contributed by atoms with Crippen LogP contribution in [0, 0.1) is 0 Å². The predicted octanol–water partition coefficient (Wildman–Crippen LogP) is 2.03. The van der Waals surface area contributed by atoms with Gasteiger partial charge in [-0.25, -0.2) is 13.4 Å². The lowest BCUT2D eigenvalue weighted by molar-refractivity contribution is 0.108. The molecule has 2 aromatic rings. The van der Waals surface area contributed by atoms with E-state index in [0.717, 1.165) is 6.26 Å². The quantitative estimate of drug-likeness (QED) is 0.811. The van der Waals surface area contributed by atoms with Crippen LogP contribution in [0.4, 0.5) is 0 Å². The van der Waals surface area contributed by atoms with Crippen LogP contribution in [-0.2, 0) is 9.84 Å². The Morgan fingerprint density at radius 3 is 2.53 bits per heavy atom. The third kappa shape index (κ3) is 2.69. The zero-order chi connectivity index (χ0) is 14.2. The van der Waals surface area contributed by atoms with Crippen LogP contribution in [0.25, 0.3) is 10.9 Å². The van der Waals surface area contributed by atoms with Crippen molar-refractivity contribution in [2.75, 3.05) is 13.4 Å². The van der Waals surface area contributed by atoms with E-state index in [2.05, 4.69) is 4.98 Å². The molecule has 7 heteroatoms. The fraction of sp³-hybridized carbons (Fsp3) is 0.167. The van der Waals surface area contributed by atoms with Crippen LogP contribution < -0.4 is 4.74 Å². The Kier molecular flexibility index (Phi) is 3.47. The van der Waals surface area contributed by atoms with Gasteiger partial charge in [0.2, 0.25) is 0 Å². The molecule has 1 aromatic carbocycles. The Balaban J connectivity index is 2.87. The van der Waals surface area contributed by atoms with E-state index in [1.54, 1.807) is 18.2 Å². The highest BCUT2D eigenvalue weighted by Crippen LogP contribution is 2.26. The summed E-state index contributed by atoms with van der Waals surface area (Å²) in [7, 11) is -2.03. The van der Waals surface area contributed by atoms with Gasteiger partial charge in [-0.1, -0.05) is 0 Å². The van der Waals surface area contributed by atoms with Gasteiger partial charge in [-0.2, -0.15) is 0 Å². The van der Waals surface area contributed by atoms with Gasteiger partial charge < -0.3 is 4.74 Å². The van der Waals surface area contributed by atoms with Crippen LogP contribution in [0.3, 0.4) is 0 Å². The number of halogens is 1. The molecule has 1 aromatic heterocycles. The number of methoxy groups -OCH3 is 1. The average Bonchev–Trinajstić information content (AvgIpc) is 2.35. The molecule has 0 spiro atoms. The van der Waals surface area contributed by atoms with Crippen molar-refractivity contribution in [3.63, 3.8) is 0 Å². The van der Waals surface area contributed by atoms with Gasteiger partial charge in [-0.15, -0.1) is 0 Å². The highest BCUT2D eigenvalue weighted by Gasteiger charge is 2.17. The molecule has 0 aliphatic heterocycles. The molecule has 0 fully saturated rings.